The van der Waals surface area contributed by atoms with E-state index in [2.05, 4.69) is 22.5 Å². The molecule has 1 aromatic carbocycles. The van der Waals surface area contributed by atoms with E-state index in [0.29, 0.717) is 0 Å². The summed E-state index contributed by atoms with van der Waals surface area (Å²) < 4.78 is 10.4. The fourth-order valence-electron chi connectivity index (χ4n) is 1.24. The highest BCUT2D eigenvalue weighted by atomic mass is 79.9. The van der Waals surface area contributed by atoms with Crippen molar-refractivity contribution in [3.63, 3.8) is 0 Å². The Balaban J connectivity index is 3.27. The first kappa shape index (κ1) is 11.1. The lowest BCUT2D eigenvalue weighted by atomic mass is 10.1. The van der Waals surface area contributed by atoms with Crippen molar-refractivity contribution in [1.29, 1.82) is 0 Å². The number of rotatable bonds is 4. The quantitative estimate of drug-likeness (QED) is 0.771. The van der Waals surface area contributed by atoms with E-state index in [-0.39, 0.29) is 0 Å². The number of alkyl halides is 1. The molecule has 0 bridgehead atoms. The van der Waals surface area contributed by atoms with Crippen molar-refractivity contribution in [1.82, 2.24) is 0 Å². The zero-order valence-corrected chi connectivity index (χ0v) is 9.93. The predicted octanol–water partition coefficient (Wildman–Crippen LogP) is 3.24. The fourth-order valence-corrected chi connectivity index (χ4v) is 1.73. The highest BCUT2D eigenvalue weighted by Crippen LogP contribution is 2.31. The highest BCUT2D eigenvalue weighted by molar-refractivity contribution is 9.08. The van der Waals surface area contributed by atoms with Gasteiger partial charge in [-0.3, -0.25) is 0 Å². The fraction of sp³-hybridized carbons (Fsp3) is 0.273. The summed E-state index contributed by atoms with van der Waals surface area (Å²) in [5.74, 6) is 1.47. The van der Waals surface area contributed by atoms with E-state index < -0.39 is 0 Å². The van der Waals surface area contributed by atoms with E-state index in [9.17, 15) is 0 Å². The standard InChI is InChI=1S/C11H13BrO2/c1-4-8-5-10(13-2)11(14-3)6-9(8)7-12/h4-6H,1,7H2,2-3H3. The monoisotopic (exact) mass is 256 g/mol. The van der Waals surface area contributed by atoms with Crippen LogP contribution in [0.3, 0.4) is 0 Å². The molecule has 0 unspecified atom stereocenters. The van der Waals surface area contributed by atoms with Gasteiger partial charge in [-0.05, 0) is 23.3 Å². The molecule has 0 atom stereocenters. The summed E-state index contributed by atoms with van der Waals surface area (Å²) >= 11 is 3.41. The Hall–Kier alpha value is -0.960. The molecule has 0 N–H and O–H groups in total. The second kappa shape index (κ2) is 5.05. The zero-order chi connectivity index (χ0) is 10.6. The topological polar surface area (TPSA) is 18.5 Å². The molecular weight excluding hydrogens is 244 g/mol. The number of halogens is 1. The maximum atomic E-state index is 5.20. The SMILES string of the molecule is C=Cc1cc(OC)c(OC)cc1CBr. The van der Waals surface area contributed by atoms with Crippen LogP contribution in [0.2, 0.25) is 0 Å². The van der Waals surface area contributed by atoms with Crippen LogP contribution in [-0.4, -0.2) is 14.2 Å². The summed E-state index contributed by atoms with van der Waals surface area (Å²) in [6.07, 6.45) is 1.80. The Kier molecular flexibility index (Phi) is 4.01. The number of hydrogen-bond acceptors (Lipinski definition) is 2. The van der Waals surface area contributed by atoms with Gasteiger partial charge in [-0.15, -0.1) is 0 Å². The lowest BCUT2D eigenvalue weighted by Crippen LogP contribution is -1.94. The Bertz CT molecular complexity index is 334. The van der Waals surface area contributed by atoms with Gasteiger partial charge in [0.25, 0.3) is 0 Å². The normalized spacial score (nSPS) is 9.64. The van der Waals surface area contributed by atoms with Crippen molar-refractivity contribution in [3.8, 4) is 11.5 Å². The molecule has 0 aliphatic carbocycles. The Morgan fingerprint density at radius 1 is 1.29 bits per heavy atom. The van der Waals surface area contributed by atoms with Crippen molar-refractivity contribution < 1.29 is 9.47 Å². The molecule has 0 amide bonds. The van der Waals surface area contributed by atoms with Crippen molar-refractivity contribution in [2.75, 3.05) is 14.2 Å². The Morgan fingerprint density at radius 2 is 1.86 bits per heavy atom. The first-order valence-corrected chi connectivity index (χ1v) is 5.32. The molecule has 0 saturated carbocycles. The maximum absolute atomic E-state index is 5.20. The lowest BCUT2D eigenvalue weighted by molar-refractivity contribution is 0.354. The van der Waals surface area contributed by atoms with Crippen LogP contribution in [-0.2, 0) is 5.33 Å². The van der Waals surface area contributed by atoms with E-state index in [1.807, 2.05) is 12.1 Å². The second-order valence-corrected chi connectivity index (χ2v) is 3.30. The van der Waals surface area contributed by atoms with E-state index >= 15 is 0 Å². The first-order valence-electron chi connectivity index (χ1n) is 4.20. The third-order valence-corrected chi connectivity index (χ3v) is 2.61. The van der Waals surface area contributed by atoms with E-state index in [1.54, 1.807) is 20.3 Å². The molecule has 0 saturated heterocycles. The molecule has 14 heavy (non-hydrogen) atoms. The van der Waals surface area contributed by atoms with Gasteiger partial charge in [0.1, 0.15) is 0 Å². The Labute approximate surface area is 92.7 Å². The minimum absolute atomic E-state index is 0.729. The molecule has 0 aliphatic heterocycles. The number of benzene rings is 1. The van der Waals surface area contributed by atoms with Gasteiger partial charge in [-0.1, -0.05) is 28.6 Å². The summed E-state index contributed by atoms with van der Waals surface area (Å²) in [5.41, 5.74) is 2.19. The summed E-state index contributed by atoms with van der Waals surface area (Å²) in [5, 5.41) is 0.773. The van der Waals surface area contributed by atoms with Crippen LogP contribution in [0, 0.1) is 0 Å². The van der Waals surface area contributed by atoms with Crippen LogP contribution >= 0.6 is 15.9 Å². The number of ether oxygens (including phenoxy) is 2. The average molecular weight is 257 g/mol. The number of hydrogen-bond donors (Lipinski definition) is 0. The van der Waals surface area contributed by atoms with Gasteiger partial charge < -0.3 is 9.47 Å². The van der Waals surface area contributed by atoms with Crippen LogP contribution in [0.25, 0.3) is 6.08 Å². The summed E-state index contributed by atoms with van der Waals surface area (Å²) in [4.78, 5) is 0. The van der Waals surface area contributed by atoms with Gasteiger partial charge >= 0.3 is 0 Å². The van der Waals surface area contributed by atoms with Crippen LogP contribution in [0.4, 0.5) is 0 Å². The molecule has 3 heteroatoms. The van der Waals surface area contributed by atoms with E-state index in [1.165, 1.54) is 0 Å². The predicted molar refractivity (Wildman–Crippen MR) is 62.3 cm³/mol. The van der Waals surface area contributed by atoms with Gasteiger partial charge in [0, 0.05) is 5.33 Å². The minimum atomic E-state index is 0.729. The van der Waals surface area contributed by atoms with Crippen molar-refractivity contribution >= 4 is 22.0 Å². The largest absolute Gasteiger partial charge is 0.493 e. The highest BCUT2D eigenvalue weighted by Gasteiger charge is 2.07. The molecule has 0 aromatic heterocycles. The van der Waals surface area contributed by atoms with Gasteiger partial charge in [-0.2, -0.15) is 0 Å². The molecule has 1 rings (SSSR count). The van der Waals surface area contributed by atoms with Gasteiger partial charge in [0.2, 0.25) is 0 Å². The molecule has 0 aliphatic rings. The van der Waals surface area contributed by atoms with Crippen LogP contribution < -0.4 is 9.47 Å². The summed E-state index contributed by atoms with van der Waals surface area (Å²) in [6.45, 7) is 3.75. The van der Waals surface area contributed by atoms with E-state index in [0.717, 1.165) is 28.0 Å². The van der Waals surface area contributed by atoms with Crippen LogP contribution in [0.15, 0.2) is 18.7 Å². The average Bonchev–Trinajstić information content (AvgIpc) is 2.26. The lowest BCUT2D eigenvalue weighted by Gasteiger charge is -2.11. The molecule has 0 radical (unpaired) electrons. The van der Waals surface area contributed by atoms with Gasteiger partial charge in [0.05, 0.1) is 14.2 Å². The van der Waals surface area contributed by atoms with Crippen molar-refractivity contribution in [2.24, 2.45) is 0 Å². The smallest absolute Gasteiger partial charge is 0.161 e. The van der Waals surface area contributed by atoms with Crippen LogP contribution in [0.5, 0.6) is 11.5 Å². The third-order valence-electron chi connectivity index (χ3n) is 2.01. The summed E-state index contributed by atoms with van der Waals surface area (Å²) in [6, 6.07) is 3.87. The second-order valence-electron chi connectivity index (χ2n) is 2.74. The summed E-state index contributed by atoms with van der Waals surface area (Å²) in [7, 11) is 3.25. The molecular formula is C11H13BrO2. The maximum Gasteiger partial charge on any atom is 0.161 e. The minimum Gasteiger partial charge on any atom is -0.493 e. The zero-order valence-electron chi connectivity index (χ0n) is 8.34. The Morgan fingerprint density at radius 3 is 2.29 bits per heavy atom. The molecule has 1 aromatic rings. The third kappa shape index (κ3) is 2.10. The van der Waals surface area contributed by atoms with Crippen LogP contribution in [0.1, 0.15) is 11.1 Å². The molecule has 0 spiro atoms. The van der Waals surface area contributed by atoms with E-state index in [4.69, 9.17) is 9.47 Å². The van der Waals surface area contributed by atoms with Gasteiger partial charge in [-0.25, -0.2) is 0 Å². The number of methoxy groups -OCH3 is 2. The molecule has 0 heterocycles. The molecule has 76 valence electrons. The van der Waals surface area contributed by atoms with Crippen molar-refractivity contribution in [2.45, 2.75) is 5.33 Å². The first-order chi connectivity index (χ1) is 6.76. The van der Waals surface area contributed by atoms with Gasteiger partial charge in [0.15, 0.2) is 11.5 Å². The van der Waals surface area contributed by atoms with Crippen molar-refractivity contribution in [3.05, 3.63) is 29.8 Å². The molecule has 0 fully saturated rings. The molecule has 2 nitrogen and oxygen atoms in total.